The largest absolute Gasteiger partial charge is 0.495 e. The highest BCUT2D eigenvalue weighted by Crippen LogP contribution is 2.03. The molecule has 0 atom stereocenters. The Kier molecular flexibility index (Phi) is 1.02. The van der Waals surface area contributed by atoms with Crippen molar-refractivity contribution in [2.75, 3.05) is 7.11 Å². The van der Waals surface area contributed by atoms with Crippen molar-refractivity contribution in [3.63, 3.8) is 0 Å². The van der Waals surface area contributed by atoms with Crippen LogP contribution in [0.2, 0.25) is 0 Å². The first-order chi connectivity index (χ1) is 3.43. The van der Waals surface area contributed by atoms with Crippen molar-refractivity contribution in [2.24, 2.45) is 0 Å². The maximum Gasteiger partial charge on any atom is 0.136 e. The van der Waals surface area contributed by atoms with Crippen LogP contribution in [0.4, 0.5) is 0 Å². The predicted molar refractivity (Wildman–Crippen MR) is 26.2 cm³/mol. The van der Waals surface area contributed by atoms with E-state index in [0.717, 1.165) is 5.75 Å². The third kappa shape index (κ3) is 0.738. The van der Waals surface area contributed by atoms with E-state index < -0.39 is 0 Å². The van der Waals surface area contributed by atoms with Crippen LogP contribution in [0.15, 0.2) is 12.3 Å². The van der Waals surface area contributed by atoms with Gasteiger partial charge >= 0.3 is 0 Å². The molecule has 0 amide bonds. The number of aromatic nitrogens is 1. The molecule has 0 saturated heterocycles. The van der Waals surface area contributed by atoms with Crippen LogP contribution in [-0.2, 0) is 0 Å². The average Bonchev–Trinajstić information content (AvgIpc) is 2.14. The van der Waals surface area contributed by atoms with Gasteiger partial charge in [0.2, 0.25) is 0 Å². The molecule has 2 nitrogen and oxygen atoms in total. The number of rotatable bonds is 1. The molecule has 1 rings (SSSR count). The molecule has 0 bridgehead atoms. The lowest BCUT2D eigenvalue weighted by Gasteiger charge is -1.86. The van der Waals surface area contributed by atoms with Crippen molar-refractivity contribution in [2.45, 2.75) is 0 Å². The summed E-state index contributed by atoms with van der Waals surface area (Å²) in [6, 6.07) is 1.74. The number of hydrogen-bond acceptors (Lipinski definition) is 1. The Morgan fingerprint density at radius 2 is 2.71 bits per heavy atom. The highest BCUT2D eigenvalue weighted by Gasteiger charge is 1.82. The van der Waals surface area contributed by atoms with Crippen LogP contribution in [-0.4, -0.2) is 12.1 Å². The molecular formula is C5H6NO. The van der Waals surface area contributed by atoms with E-state index in [-0.39, 0.29) is 0 Å². The highest BCUT2D eigenvalue weighted by atomic mass is 16.5. The Balaban J connectivity index is 2.76. The molecule has 7 heavy (non-hydrogen) atoms. The second kappa shape index (κ2) is 1.69. The van der Waals surface area contributed by atoms with Gasteiger partial charge in [0.05, 0.1) is 13.3 Å². The molecular weight excluding hydrogens is 90.1 g/mol. The lowest BCUT2D eigenvalue weighted by molar-refractivity contribution is 0.415. The number of aromatic amines is 1. The summed E-state index contributed by atoms with van der Waals surface area (Å²) in [5.41, 5.74) is 0. The zero-order chi connectivity index (χ0) is 5.11. The molecule has 0 aliphatic carbocycles. The van der Waals surface area contributed by atoms with Gasteiger partial charge in [0.15, 0.2) is 0 Å². The van der Waals surface area contributed by atoms with Crippen molar-refractivity contribution in [3.8, 4) is 5.75 Å². The molecule has 1 aromatic rings. The Hall–Kier alpha value is -0.920. The molecule has 0 fully saturated rings. The van der Waals surface area contributed by atoms with Crippen molar-refractivity contribution in [1.29, 1.82) is 0 Å². The lowest BCUT2D eigenvalue weighted by atomic mass is 10.6. The van der Waals surface area contributed by atoms with Gasteiger partial charge in [0.1, 0.15) is 5.75 Å². The van der Waals surface area contributed by atoms with E-state index in [1.54, 1.807) is 19.4 Å². The summed E-state index contributed by atoms with van der Waals surface area (Å²) in [7, 11) is 1.62. The molecule has 37 valence electrons. The predicted octanol–water partition coefficient (Wildman–Crippen LogP) is 0.823. The van der Waals surface area contributed by atoms with E-state index in [0.29, 0.717) is 0 Å². The van der Waals surface area contributed by atoms with Crippen LogP contribution < -0.4 is 4.74 Å². The summed E-state index contributed by atoms with van der Waals surface area (Å²) >= 11 is 0. The van der Waals surface area contributed by atoms with Gasteiger partial charge in [-0.25, -0.2) is 0 Å². The summed E-state index contributed by atoms with van der Waals surface area (Å²) in [5.74, 6) is 0.819. The number of ether oxygens (including phenoxy) is 1. The Labute approximate surface area is 42.1 Å². The zero-order valence-electron chi connectivity index (χ0n) is 4.06. The second-order valence-electron chi connectivity index (χ2n) is 1.18. The molecule has 0 aromatic carbocycles. The summed E-state index contributed by atoms with van der Waals surface area (Å²) in [5, 5.41) is 0. The smallest absolute Gasteiger partial charge is 0.136 e. The van der Waals surface area contributed by atoms with Gasteiger partial charge in [-0.2, -0.15) is 0 Å². The van der Waals surface area contributed by atoms with Gasteiger partial charge in [-0.3, -0.25) is 0 Å². The molecule has 0 spiro atoms. The first kappa shape index (κ1) is 4.24. The molecule has 1 N–H and O–H groups in total. The highest BCUT2D eigenvalue weighted by molar-refractivity contribution is 5.14. The van der Waals surface area contributed by atoms with Crippen molar-refractivity contribution in [3.05, 3.63) is 18.5 Å². The minimum atomic E-state index is 0.819. The first-order valence-corrected chi connectivity index (χ1v) is 2.02. The maximum absolute atomic E-state index is 4.79. The van der Waals surface area contributed by atoms with Gasteiger partial charge < -0.3 is 9.72 Å². The van der Waals surface area contributed by atoms with Crippen LogP contribution in [0.5, 0.6) is 5.75 Å². The fraction of sp³-hybridized carbons (Fsp3) is 0.200. The number of H-pyrrole nitrogens is 1. The summed E-state index contributed by atoms with van der Waals surface area (Å²) in [4.78, 5) is 2.73. The third-order valence-electron chi connectivity index (χ3n) is 0.748. The molecule has 0 aliphatic rings. The monoisotopic (exact) mass is 96.0 g/mol. The molecule has 0 unspecified atom stereocenters. The topological polar surface area (TPSA) is 25.0 Å². The van der Waals surface area contributed by atoms with Crippen molar-refractivity contribution < 1.29 is 4.74 Å². The number of nitrogens with one attached hydrogen (secondary N) is 1. The molecule has 0 aliphatic heterocycles. The molecule has 1 heterocycles. The van der Waals surface area contributed by atoms with Crippen LogP contribution in [0.25, 0.3) is 0 Å². The normalized spacial score (nSPS) is 8.71. The van der Waals surface area contributed by atoms with Crippen LogP contribution in [0.3, 0.4) is 0 Å². The molecule has 1 aromatic heterocycles. The Morgan fingerprint density at radius 1 is 1.86 bits per heavy atom. The van der Waals surface area contributed by atoms with Gasteiger partial charge in [-0.1, -0.05) is 0 Å². The molecule has 0 saturated carbocycles. The standard InChI is InChI=1S/C5H6NO/c1-7-5-2-3-6-4-5/h2,4,6H,1H3. The Bertz CT molecular complexity index is 123. The first-order valence-electron chi connectivity index (χ1n) is 2.02. The fourth-order valence-corrected chi connectivity index (χ4v) is 0.385. The number of methoxy groups -OCH3 is 1. The van der Waals surface area contributed by atoms with Gasteiger partial charge in [-0.15, -0.1) is 0 Å². The molecule has 2 heteroatoms. The van der Waals surface area contributed by atoms with Gasteiger partial charge in [-0.05, 0) is 0 Å². The molecule has 1 radical (unpaired) electrons. The number of hydrogen-bond donors (Lipinski definition) is 1. The van der Waals surface area contributed by atoms with E-state index in [9.17, 15) is 0 Å². The summed E-state index contributed by atoms with van der Waals surface area (Å²) in [6.07, 6.45) is 4.47. The van der Waals surface area contributed by atoms with E-state index in [1.807, 2.05) is 0 Å². The minimum absolute atomic E-state index is 0.819. The van der Waals surface area contributed by atoms with E-state index in [2.05, 4.69) is 11.2 Å². The van der Waals surface area contributed by atoms with E-state index >= 15 is 0 Å². The van der Waals surface area contributed by atoms with Crippen LogP contribution in [0, 0.1) is 6.20 Å². The van der Waals surface area contributed by atoms with E-state index in [4.69, 9.17) is 4.74 Å². The SMILES string of the molecule is COc1c[c][nH]c1. The van der Waals surface area contributed by atoms with Crippen LogP contribution in [0.1, 0.15) is 0 Å². The van der Waals surface area contributed by atoms with Crippen LogP contribution >= 0.6 is 0 Å². The quantitative estimate of drug-likeness (QED) is 0.550. The van der Waals surface area contributed by atoms with E-state index in [1.165, 1.54) is 0 Å². The zero-order valence-corrected chi connectivity index (χ0v) is 4.06. The summed E-state index contributed by atoms with van der Waals surface area (Å²) in [6.45, 7) is 0. The maximum atomic E-state index is 4.79. The van der Waals surface area contributed by atoms with Crippen molar-refractivity contribution in [1.82, 2.24) is 4.98 Å². The van der Waals surface area contributed by atoms with Gasteiger partial charge in [0.25, 0.3) is 0 Å². The van der Waals surface area contributed by atoms with Crippen molar-refractivity contribution >= 4 is 0 Å². The Morgan fingerprint density at radius 3 is 3.00 bits per heavy atom. The summed E-state index contributed by atoms with van der Waals surface area (Å²) < 4.78 is 4.79. The second-order valence-corrected chi connectivity index (χ2v) is 1.18. The fourth-order valence-electron chi connectivity index (χ4n) is 0.385. The minimum Gasteiger partial charge on any atom is -0.495 e. The average molecular weight is 96.1 g/mol. The van der Waals surface area contributed by atoms with Gasteiger partial charge in [0, 0.05) is 12.3 Å². The third-order valence-corrected chi connectivity index (χ3v) is 0.748. The lowest BCUT2D eigenvalue weighted by Crippen LogP contribution is -1.75.